The quantitative estimate of drug-likeness (QED) is 0.264. The Morgan fingerprint density at radius 2 is 1.42 bits per heavy atom. The van der Waals surface area contributed by atoms with Crippen LogP contribution in [0.4, 0.5) is 4.79 Å². The molecule has 3 saturated heterocycles. The Morgan fingerprint density at radius 3 is 2.11 bits per heavy atom. The van der Waals surface area contributed by atoms with E-state index < -0.39 is 6.29 Å². The monoisotopic (exact) mass is 612 g/mol. The van der Waals surface area contributed by atoms with E-state index in [-0.39, 0.29) is 30.8 Å². The van der Waals surface area contributed by atoms with E-state index in [1.165, 1.54) is 38.8 Å². The smallest absolute Gasteiger partial charge is 0.315 e. The highest BCUT2D eigenvalue weighted by Crippen LogP contribution is 2.42. The van der Waals surface area contributed by atoms with Crippen LogP contribution in [0.15, 0.2) is 78.9 Å². The van der Waals surface area contributed by atoms with Crippen molar-refractivity contribution in [1.29, 1.82) is 0 Å². The van der Waals surface area contributed by atoms with Crippen molar-refractivity contribution in [2.75, 3.05) is 32.7 Å². The number of aliphatic hydroxyl groups is 1. The standard InChI is InChI=1S/C37H48N4O4/c1-27-34(25-41-21-7-10-33(41)24-40-19-5-6-20-40)44-36(45-35(27)31-15-13-30(26-42)14-16-31)32-17-11-29(12-18-32)23-39-37(43)38-22-28-8-3-2-4-9-28/h2-4,8-9,11-18,27,33-36,42H,5-7,10,19-26H2,1H3,(H2,38,39,43). The third kappa shape index (κ3) is 8.31. The second-order valence-electron chi connectivity index (χ2n) is 12.9. The predicted octanol–water partition coefficient (Wildman–Crippen LogP) is 5.53. The first kappa shape index (κ1) is 31.7. The number of hydrogen-bond acceptors (Lipinski definition) is 6. The van der Waals surface area contributed by atoms with Gasteiger partial charge in [-0.2, -0.15) is 0 Å². The fraction of sp³-hybridized carbons (Fsp3) is 0.486. The number of carbonyl (C=O) groups is 1. The second-order valence-corrected chi connectivity index (χ2v) is 12.9. The predicted molar refractivity (Wildman–Crippen MR) is 175 cm³/mol. The lowest BCUT2D eigenvalue weighted by Gasteiger charge is -2.43. The molecule has 0 aromatic heterocycles. The largest absolute Gasteiger partial charge is 0.392 e. The fourth-order valence-electron chi connectivity index (χ4n) is 6.98. The SMILES string of the molecule is CC1C(CN2CCCC2CN2CCCC2)OC(c2ccc(CNC(=O)NCc3ccccc3)cc2)OC1c1ccc(CO)cc1. The molecule has 2 amide bonds. The van der Waals surface area contributed by atoms with Gasteiger partial charge in [0.1, 0.15) is 0 Å². The van der Waals surface area contributed by atoms with Gasteiger partial charge in [0.05, 0.1) is 18.8 Å². The number of rotatable bonds is 11. The minimum atomic E-state index is -0.496. The highest BCUT2D eigenvalue weighted by atomic mass is 16.7. The van der Waals surface area contributed by atoms with Crippen molar-refractivity contribution < 1.29 is 19.4 Å². The topological polar surface area (TPSA) is 86.3 Å². The van der Waals surface area contributed by atoms with Gasteiger partial charge >= 0.3 is 6.03 Å². The lowest BCUT2D eigenvalue weighted by Crippen LogP contribution is -2.48. The van der Waals surface area contributed by atoms with Crippen LogP contribution in [-0.4, -0.2) is 65.8 Å². The maximum absolute atomic E-state index is 12.4. The molecule has 3 aliphatic rings. The highest BCUT2D eigenvalue weighted by Gasteiger charge is 2.40. The third-order valence-electron chi connectivity index (χ3n) is 9.71. The number of likely N-dealkylation sites (tertiary alicyclic amines) is 2. The molecular formula is C37H48N4O4. The van der Waals surface area contributed by atoms with Crippen LogP contribution >= 0.6 is 0 Å². The van der Waals surface area contributed by atoms with Gasteiger partial charge in [-0.1, -0.05) is 85.8 Å². The molecule has 3 aromatic rings. The zero-order valence-corrected chi connectivity index (χ0v) is 26.4. The van der Waals surface area contributed by atoms with Crippen LogP contribution in [0.1, 0.15) is 72.8 Å². The van der Waals surface area contributed by atoms with Crippen molar-refractivity contribution in [3.63, 3.8) is 0 Å². The van der Waals surface area contributed by atoms with Crippen molar-refractivity contribution in [2.45, 2.75) is 76.8 Å². The molecule has 5 unspecified atom stereocenters. The number of nitrogens with zero attached hydrogens (tertiary/aromatic N) is 2. The molecule has 0 spiro atoms. The normalized spacial score (nSPS) is 25.8. The van der Waals surface area contributed by atoms with Crippen LogP contribution < -0.4 is 10.6 Å². The maximum atomic E-state index is 12.4. The molecule has 0 radical (unpaired) electrons. The molecule has 6 rings (SSSR count). The van der Waals surface area contributed by atoms with Gasteiger partial charge in [0, 0.05) is 43.7 Å². The van der Waals surface area contributed by atoms with E-state index in [2.05, 4.69) is 51.6 Å². The molecule has 0 bridgehead atoms. The molecule has 0 aliphatic carbocycles. The summed E-state index contributed by atoms with van der Waals surface area (Å²) in [5, 5.41) is 15.4. The van der Waals surface area contributed by atoms with E-state index in [1.807, 2.05) is 54.6 Å². The second kappa shape index (κ2) is 15.3. The minimum absolute atomic E-state index is 0.0140. The summed E-state index contributed by atoms with van der Waals surface area (Å²) in [5.41, 5.74) is 5.04. The van der Waals surface area contributed by atoms with Crippen molar-refractivity contribution in [3.05, 3.63) is 107 Å². The first-order valence-electron chi connectivity index (χ1n) is 16.7. The van der Waals surface area contributed by atoms with Crippen LogP contribution in [-0.2, 0) is 29.2 Å². The lowest BCUT2D eigenvalue weighted by atomic mass is 9.90. The van der Waals surface area contributed by atoms with Gasteiger partial charge in [-0.3, -0.25) is 4.90 Å². The zero-order valence-electron chi connectivity index (χ0n) is 26.4. The van der Waals surface area contributed by atoms with E-state index in [0.29, 0.717) is 19.1 Å². The van der Waals surface area contributed by atoms with Gasteiger partial charge in [0.2, 0.25) is 0 Å². The van der Waals surface area contributed by atoms with Crippen molar-refractivity contribution >= 4 is 6.03 Å². The van der Waals surface area contributed by atoms with Gasteiger partial charge < -0.3 is 30.1 Å². The summed E-state index contributed by atoms with van der Waals surface area (Å²) in [6.07, 6.45) is 4.53. The van der Waals surface area contributed by atoms with Gasteiger partial charge in [0.25, 0.3) is 0 Å². The molecular weight excluding hydrogens is 564 g/mol. The molecule has 3 aliphatic heterocycles. The minimum Gasteiger partial charge on any atom is -0.392 e. The molecule has 3 fully saturated rings. The van der Waals surface area contributed by atoms with Gasteiger partial charge in [-0.25, -0.2) is 4.79 Å². The summed E-state index contributed by atoms with van der Waals surface area (Å²) in [4.78, 5) is 17.7. The number of urea groups is 1. The Bertz CT molecular complexity index is 1350. The molecule has 0 saturated carbocycles. The summed E-state index contributed by atoms with van der Waals surface area (Å²) in [6, 6.07) is 26.6. The van der Waals surface area contributed by atoms with Crippen LogP contribution in [0.25, 0.3) is 0 Å². The van der Waals surface area contributed by atoms with Crippen molar-refractivity contribution in [1.82, 2.24) is 20.4 Å². The Hall–Kier alpha value is -3.27. The highest BCUT2D eigenvalue weighted by molar-refractivity contribution is 5.73. The average molecular weight is 613 g/mol. The number of hydrogen-bond donors (Lipinski definition) is 3. The number of benzene rings is 3. The number of ether oxygens (including phenoxy) is 2. The van der Waals surface area contributed by atoms with Crippen LogP contribution in [0.2, 0.25) is 0 Å². The van der Waals surface area contributed by atoms with E-state index in [0.717, 1.165) is 47.5 Å². The Morgan fingerprint density at radius 1 is 0.778 bits per heavy atom. The van der Waals surface area contributed by atoms with E-state index in [4.69, 9.17) is 9.47 Å². The van der Waals surface area contributed by atoms with Crippen molar-refractivity contribution in [2.24, 2.45) is 5.92 Å². The molecule has 45 heavy (non-hydrogen) atoms. The van der Waals surface area contributed by atoms with Crippen molar-refractivity contribution in [3.8, 4) is 0 Å². The van der Waals surface area contributed by atoms with E-state index in [1.54, 1.807) is 0 Å². The van der Waals surface area contributed by atoms with Gasteiger partial charge in [-0.05, 0) is 67.6 Å². The molecule has 3 aromatic carbocycles. The molecule has 3 N–H and O–H groups in total. The number of carbonyl (C=O) groups excluding carboxylic acids is 1. The molecule has 5 atom stereocenters. The molecule has 8 heteroatoms. The zero-order chi connectivity index (χ0) is 31.0. The third-order valence-corrected chi connectivity index (χ3v) is 9.71. The Kier molecular flexibility index (Phi) is 10.8. The van der Waals surface area contributed by atoms with E-state index >= 15 is 0 Å². The number of nitrogens with one attached hydrogen (secondary N) is 2. The first-order valence-corrected chi connectivity index (χ1v) is 16.7. The molecule has 8 nitrogen and oxygen atoms in total. The van der Waals surface area contributed by atoms with E-state index in [9.17, 15) is 9.90 Å². The summed E-state index contributed by atoms with van der Waals surface area (Å²) in [6.45, 7) is 8.82. The Balaban J connectivity index is 1.11. The molecule has 3 heterocycles. The summed E-state index contributed by atoms with van der Waals surface area (Å²) in [7, 11) is 0. The number of aliphatic hydroxyl groups excluding tert-OH is 1. The summed E-state index contributed by atoms with van der Waals surface area (Å²) >= 11 is 0. The average Bonchev–Trinajstić information content (AvgIpc) is 3.77. The van der Waals surface area contributed by atoms with Gasteiger partial charge in [-0.15, -0.1) is 0 Å². The number of amides is 2. The first-order chi connectivity index (χ1) is 22.1. The Labute approximate surface area is 267 Å². The van der Waals surface area contributed by atoms with Crippen LogP contribution in [0, 0.1) is 5.92 Å². The van der Waals surface area contributed by atoms with Crippen LogP contribution in [0.5, 0.6) is 0 Å². The van der Waals surface area contributed by atoms with Gasteiger partial charge in [0.15, 0.2) is 6.29 Å². The fourth-order valence-corrected chi connectivity index (χ4v) is 6.98. The maximum Gasteiger partial charge on any atom is 0.315 e. The summed E-state index contributed by atoms with van der Waals surface area (Å²) in [5.74, 6) is 0.159. The van der Waals surface area contributed by atoms with Crippen LogP contribution in [0.3, 0.4) is 0 Å². The lowest BCUT2D eigenvalue weighted by molar-refractivity contribution is -0.276. The summed E-state index contributed by atoms with van der Waals surface area (Å²) < 4.78 is 13.5. The molecule has 240 valence electrons.